The SMILES string of the molecule is COc1ccc(C(=O)N(O)c2ccc(C)cc2)cc1. The molecule has 19 heavy (non-hydrogen) atoms. The Kier molecular flexibility index (Phi) is 3.82. The maximum Gasteiger partial charge on any atom is 0.281 e. The smallest absolute Gasteiger partial charge is 0.281 e. The Balaban J connectivity index is 2.20. The van der Waals surface area contributed by atoms with Gasteiger partial charge in [0.05, 0.1) is 12.8 Å². The van der Waals surface area contributed by atoms with Gasteiger partial charge in [0.25, 0.3) is 5.91 Å². The monoisotopic (exact) mass is 257 g/mol. The van der Waals surface area contributed by atoms with Crippen molar-refractivity contribution in [3.05, 3.63) is 59.7 Å². The normalized spacial score (nSPS) is 10.1. The number of hydrogen-bond donors (Lipinski definition) is 1. The molecule has 0 heterocycles. The Morgan fingerprint density at radius 1 is 1.05 bits per heavy atom. The van der Waals surface area contributed by atoms with Crippen LogP contribution in [-0.4, -0.2) is 18.2 Å². The maximum atomic E-state index is 12.1. The molecule has 0 atom stereocenters. The quantitative estimate of drug-likeness (QED) is 0.679. The molecule has 1 N–H and O–H groups in total. The summed E-state index contributed by atoms with van der Waals surface area (Å²) >= 11 is 0. The number of rotatable bonds is 3. The summed E-state index contributed by atoms with van der Waals surface area (Å²) in [6, 6.07) is 13.6. The van der Waals surface area contributed by atoms with E-state index in [0.717, 1.165) is 5.56 Å². The number of nitrogens with zero attached hydrogens (tertiary/aromatic N) is 1. The van der Waals surface area contributed by atoms with E-state index in [1.165, 1.54) is 0 Å². The zero-order valence-electron chi connectivity index (χ0n) is 10.8. The fourth-order valence-electron chi connectivity index (χ4n) is 1.66. The number of amides is 1. The van der Waals surface area contributed by atoms with E-state index in [4.69, 9.17) is 4.74 Å². The van der Waals surface area contributed by atoms with Crippen molar-refractivity contribution < 1.29 is 14.7 Å². The second-order valence-electron chi connectivity index (χ2n) is 4.18. The van der Waals surface area contributed by atoms with Gasteiger partial charge in [0, 0.05) is 5.56 Å². The number of ether oxygens (including phenoxy) is 1. The molecule has 0 saturated heterocycles. The van der Waals surface area contributed by atoms with Crippen molar-refractivity contribution in [1.29, 1.82) is 0 Å². The van der Waals surface area contributed by atoms with E-state index in [9.17, 15) is 10.0 Å². The average Bonchev–Trinajstić information content (AvgIpc) is 2.46. The van der Waals surface area contributed by atoms with E-state index in [0.29, 0.717) is 22.1 Å². The summed E-state index contributed by atoms with van der Waals surface area (Å²) in [4.78, 5) is 12.1. The minimum atomic E-state index is -0.480. The number of hydroxylamine groups is 1. The van der Waals surface area contributed by atoms with E-state index in [1.54, 1.807) is 43.5 Å². The molecule has 2 aromatic rings. The highest BCUT2D eigenvalue weighted by Gasteiger charge is 2.15. The van der Waals surface area contributed by atoms with Gasteiger partial charge < -0.3 is 4.74 Å². The van der Waals surface area contributed by atoms with Crippen LogP contribution in [0.3, 0.4) is 0 Å². The Morgan fingerprint density at radius 3 is 2.16 bits per heavy atom. The Morgan fingerprint density at radius 2 is 1.63 bits per heavy atom. The fraction of sp³-hybridized carbons (Fsp3) is 0.133. The van der Waals surface area contributed by atoms with Crippen molar-refractivity contribution in [3.8, 4) is 5.75 Å². The predicted molar refractivity (Wildman–Crippen MR) is 72.8 cm³/mol. The lowest BCUT2D eigenvalue weighted by Gasteiger charge is -2.15. The molecule has 1 amide bonds. The topological polar surface area (TPSA) is 49.8 Å². The highest BCUT2D eigenvalue weighted by atomic mass is 16.5. The third kappa shape index (κ3) is 2.92. The molecule has 2 aromatic carbocycles. The zero-order valence-corrected chi connectivity index (χ0v) is 10.8. The first-order chi connectivity index (χ1) is 9.11. The van der Waals surface area contributed by atoms with Gasteiger partial charge in [0.15, 0.2) is 0 Å². The van der Waals surface area contributed by atoms with Gasteiger partial charge in [0.2, 0.25) is 0 Å². The molecular formula is C15H15NO3. The minimum Gasteiger partial charge on any atom is -0.497 e. The van der Waals surface area contributed by atoms with E-state index in [2.05, 4.69) is 0 Å². The molecule has 0 fully saturated rings. The van der Waals surface area contributed by atoms with Crippen LogP contribution < -0.4 is 9.80 Å². The molecule has 4 heteroatoms. The lowest BCUT2D eigenvalue weighted by molar-refractivity contribution is 0.0854. The van der Waals surface area contributed by atoms with Crippen LogP contribution in [0, 0.1) is 6.92 Å². The lowest BCUT2D eigenvalue weighted by atomic mass is 10.2. The molecule has 2 rings (SSSR count). The summed E-state index contributed by atoms with van der Waals surface area (Å²) in [5, 5.41) is 10.6. The molecule has 0 radical (unpaired) electrons. The van der Waals surface area contributed by atoms with Gasteiger partial charge in [-0.25, -0.2) is 0 Å². The summed E-state index contributed by atoms with van der Waals surface area (Å²) < 4.78 is 5.02. The van der Waals surface area contributed by atoms with Gasteiger partial charge in [-0.3, -0.25) is 10.0 Å². The summed E-state index contributed by atoms with van der Waals surface area (Å²) in [6.07, 6.45) is 0. The maximum absolute atomic E-state index is 12.1. The van der Waals surface area contributed by atoms with Crippen molar-refractivity contribution in [1.82, 2.24) is 0 Å². The minimum absolute atomic E-state index is 0.392. The third-order valence-corrected chi connectivity index (χ3v) is 2.81. The number of anilines is 1. The number of carbonyl (C=O) groups excluding carboxylic acids is 1. The summed E-state index contributed by atoms with van der Waals surface area (Å²) in [7, 11) is 1.56. The Labute approximate surface area is 111 Å². The molecule has 0 saturated carbocycles. The van der Waals surface area contributed by atoms with E-state index >= 15 is 0 Å². The molecule has 0 aromatic heterocycles. The van der Waals surface area contributed by atoms with Crippen molar-refractivity contribution >= 4 is 11.6 Å². The highest BCUT2D eigenvalue weighted by molar-refractivity contribution is 6.04. The van der Waals surface area contributed by atoms with Crippen molar-refractivity contribution in [3.63, 3.8) is 0 Å². The first-order valence-corrected chi connectivity index (χ1v) is 5.86. The third-order valence-electron chi connectivity index (χ3n) is 2.81. The standard InChI is InChI=1S/C15H15NO3/c1-11-3-7-13(8-4-11)16(18)15(17)12-5-9-14(19-2)10-6-12/h3-10,18H,1-2H3. The van der Waals surface area contributed by atoms with Crippen LogP contribution in [0.1, 0.15) is 15.9 Å². The molecule has 0 unspecified atom stereocenters. The number of methoxy groups -OCH3 is 1. The largest absolute Gasteiger partial charge is 0.497 e. The second-order valence-corrected chi connectivity index (χ2v) is 4.18. The first-order valence-electron chi connectivity index (χ1n) is 5.86. The Hall–Kier alpha value is -2.33. The van der Waals surface area contributed by atoms with Gasteiger partial charge in [-0.2, -0.15) is 5.06 Å². The van der Waals surface area contributed by atoms with Crippen LogP contribution in [-0.2, 0) is 0 Å². The van der Waals surface area contributed by atoms with Gasteiger partial charge >= 0.3 is 0 Å². The Bertz CT molecular complexity index is 561. The summed E-state index contributed by atoms with van der Waals surface area (Å²) in [6.45, 7) is 1.94. The number of benzene rings is 2. The summed E-state index contributed by atoms with van der Waals surface area (Å²) in [5.41, 5.74) is 1.89. The van der Waals surface area contributed by atoms with Gasteiger partial charge in [0.1, 0.15) is 5.75 Å². The first kappa shape index (κ1) is 13.1. The van der Waals surface area contributed by atoms with Crippen LogP contribution in [0.2, 0.25) is 0 Å². The van der Waals surface area contributed by atoms with E-state index in [-0.39, 0.29) is 0 Å². The molecule has 4 nitrogen and oxygen atoms in total. The van der Waals surface area contributed by atoms with Crippen molar-refractivity contribution in [2.45, 2.75) is 6.92 Å². The molecule has 0 spiro atoms. The fourth-order valence-corrected chi connectivity index (χ4v) is 1.66. The molecule has 0 aliphatic carbocycles. The van der Waals surface area contributed by atoms with Crippen LogP contribution in [0.4, 0.5) is 5.69 Å². The van der Waals surface area contributed by atoms with Crippen LogP contribution in [0.15, 0.2) is 48.5 Å². The predicted octanol–water partition coefficient (Wildman–Crippen LogP) is 3.04. The van der Waals surface area contributed by atoms with Crippen LogP contribution in [0.5, 0.6) is 5.75 Å². The zero-order chi connectivity index (χ0) is 13.8. The van der Waals surface area contributed by atoms with Gasteiger partial charge in [-0.1, -0.05) is 17.7 Å². The number of hydrogen-bond acceptors (Lipinski definition) is 3. The molecule has 0 bridgehead atoms. The second kappa shape index (κ2) is 5.54. The molecular weight excluding hydrogens is 242 g/mol. The lowest BCUT2D eigenvalue weighted by Crippen LogP contribution is -2.26. The van der Waals surface area contributed by atoms with Gasteiger partial charge in [-0.15, -0.1) is 0 Å². The number of aryl methyl sites for hydroxylation is 1. The average molecular weight is 257 g/mol. The highest BCUT2D eigenvalue weighted by Crippen LogP contribution is 2.18. The van der Waals surface area contributed by atoms with Crippen LogP contribution >= 0.6 is 0 Å². The summed E-state index contributed by atoms with van der Waals surface area (Å²) in [5.74, 6) is 0.183. The molecule has 0 aliphatic rings. The van der Waals surface area contributed by atoms with Crippen molar-refractivity contribution in [2.75, 3.05) is 12.2 Å². The molecule has 98 valence electrons. The van der Waals surface area contributed by atoms with Crippen molar-refractivity contribution in [2.24, 2.45) is 0 Å². The van der Waals surface area contributed by atoms with E-state index in [1.807, 2.05) is 19.1 Å². The van der Waals surface area contributed by atoms with E-state index < -0.39 is 5.91 Å². The van der Waals surface area contributed by atoms with Gasteiger partial charge in [-0.05, 0) is 43.3 Å². The number of carbonyl (C=O) groups is 1. The molecule has 0 aliphatic heterocycles. The van der Waals surface area contributed by atoms with Crippen LogP contribution in [0.25, 0.3) is 0 Å².